The van der Waals surface area contributed by atoms with Crippen LogP contribution in [0.4, 0.5) is 31.7 Å². The number of aryl methyl sites for hydroxylation is 1. The van der Waals surface area contributed by atoms with E-state index in [0.717, 1.165) is 66.8 Å². The van der Waals surface area contributed by atoms with Crippen LogP contribution >= 0.6 is 0 Å². The molecule has 1 aromatic heterocycles. The second-order valence-corrected chi connectivity index (χ2v) is 14.7. The zero-order chi connectivity index (χ0) is 27.7. The lowest BCUT2D eigenvalue weighted by Gasteiger charge is -2.35. The van der Waals surface area contributed by atoms with Gasteiger partial charge in [0, 0.05) is 55.6 Å². The molecule has 2 N–H and O–H groups in total. The number of fused-ring (bicyclic) bond motifs is 1. The van der Waals surface area contributed by atoms with Gasteiger partial charge in [-0.3, -0.25) is 0 Å². The first-order valence-electron chi connectivity index (χ1n) is 14.4. The number of aromatic nitrogens is 2. The molecular weight excluding hydrogens is 530 g/mol. The Hall–Kier alpha value is -3.01. The molecule has 1 atom stereocenters. The number of nitrogens with one attached hydrogen (secondary N) is 2. The molecular formula is C30H36F2N6OS. The van der Waals surface area contributed by atoms with E-state index < -0.39 is 15.7 Å². The van der Waals surface area contributed by atoms with Crippen molar-refractivity contribution in [3.63, 3.8) is 0 Å². The summed E-state index contributed by atoms with van der Waals surface area (Å²) in [7, 11) is -2.90. The number of hydrogen-bond acceptors (Lipinski definition) is 7. The van der Waals surface area contributed by atoms with Gasteiger partial charge in [0.2, 0.25) is 0 Å². The van der Waals surface area contributed by atoms with Crippen molar-refractivity contribution in [2.75, 3.05) is 41.3 Å². The smallest absolute Gasteiger partial charge is 0.251 e. The minimum Gasteiger partial charge on any atom is -0.371 e. The van der Waals surface area contributed by atoms with Gasteiger partial charge in [-0.2, -0.15) is 0 Å². The van der Waals surface area contributed by atoms with Crippen molar-refractivity contribution in [2.24, 2.45) is 5.41 Å². The average molecular weight is 567 g/mol. The van der Waals surface area contributed by atoms with Crippen LogP contribution in [0.1, 0.15) is 56.9 Å². The maximum Gasteiger partial charge on any atom is 0.251 e. The predicted octanol–water partition coefficient (Wildman–Crippen LogP) is 6.87. The van der Waals surface area contributed by atoms with E-state index in [-0.39, 0.29) is 18.1 Å². The number of piperidine rings is 2. The van der Waals surface area contributed by atoms with Crippen LogP contribution in [-0.4, -0.2) is 51.5 Å². The summed E-state index contributed by atoms with van der Waals surface area (Å²) in [6.45, 7) is 4.49. The summed E-state index contributed by atoms with van der Waals surface area (Å²) < 4.78 is 49.8. The van der Waals surface area contributed by atoms with Gasteiger partial charge in [-0.25, -0.2) is 27.7 Å². The van der Waals surface area contributed by atoms with Crippen molar-refractivity contribution in [1.29, 1.82) is 4.78 Å². The second kappa shape index (κ2) is 9.26. The first-order chi connectivity index (χ1) is 19.1. The molecule has 3 heterocycles. The highest BCUT2D eigenvalue weighted by molar-refractivity contribution is 7.93. The van der Waals surface area contributed by atoms with E-state index in [2.05, 4.69) is 20.2 Å². The van der Waals surface area contributed by atoms with E-state index in [1.165, 1.54) is 19.2 Å². The topological polar surface area (TPSA) is 85.2 Å². The largest absolute Gasteiger partial charge is 0.371 e. The third-order valence-corrected chi connectivity index (χ3v) is 11.7. The fourth-order valence-electron chi connectivity index (χ4n) is 6.40. The number of hydrogen-bond donors (Lipinski definition) is 2. The summed E-state index contributed by atoms with van der Waals surface area (Å²) in [5, 5.41) is 4.30. The molecule has 2 saturated carbocycles. The van der Waals surface area contributed by atoms with Crippen LogP contribution in [0.3, 0.4) is 0 Å². The lowest BCUT2D eigenvalue weighted by atomic mass is 9.93. The van der Waals surface area contributed by atoms with E-state index in [0.29, 0.717) is 34.7 Å². The highest BCUT2D eigenvalue weighted by Crippen LogP contribution is 2.54. The SMILES string of the molecule is Cc1cc(Nc2ncnc3cc(S(=N)(=O)C4CC4)cc(N4CCC5(CC4)CC5)c23)cc(N2CCC(F)(F)CC2)c1. The van der Waals surface area contributed by atoms with E-state index >= 15 is 0 Å². The maximum atomic E-state index is 13.8. The van der Waals surface area contributed by atoms with Crippen molar-refractivity contribution in [2.45, 2.75) is 74.4 Å². The van der Waals surface area contributed by atoms with Gasteiger partial charge in [0.25, 0.3) is 5.92 Å². The van der Waals surface area contributed by atoms with Crippen LogP contribution in [-0.2, 0) is 9.73 Å². The quantitative estimate of drug-likeness (QED) is 0.339. The Labute approximate surface area is 234 Å². The summed E-state index contributed by atoms with van der Waals surface area (Å²) in [4.78, 5) is 14.2. The van der Waals surface area contributed by atoms with Gasteiger partial charge in [0.1, 0.15) is 12.1 Å². The molecule has 1 spiro atoms. The normalized spacial score (nSPS) is 23.3. The monoisotopic (exact) mass is 566 g/mol. The van der Waals surface area contributed by atoms with Gasteiger partial charge in [-0.05, 0) is 86.8 Å². The summed E-state index contributed by atoms with van der Waals surface area (Å²) in [6.07, 6.45) is 7.82. The van der Waals surface area contributed by atoms with E-state index in [1.807, 2.05) is 42.2 Å². The Balaban J connectivity index is 1.27. The molecule has 4 fully saturated rings. The number of alkyl halides is 2. The Kier molecular flexibility index (Phi) is 6.00. The standard InChI is InChI=1S/C30H36F2N6OS/c1-20-14-21(16-22(15-20)37-12-8-30(31,32)9-13-37)36-28-27-25(34-19-35-28)17-24(40(33,39)23-2-3-23)18-26(27)38-10-6-29(4-5-29)7-11-38/h14-19,23,33H,2-13H2,1H3,(H,34,35,36). The number of halogens is 2. The first kappa shape index (κ1) is 25.9. The molecule has 10 heteroatoms. The van der Waals surface area contributed by atoms with E-state index in [4.69, 9.17) is 4.78 Å². The molecule has 7 nitrogen and oxygen atoms in total. The first-order valence-corrected chi connectivity index (χ1v) is 16.1. The lowest BCUT2D eigenvalue weighted by Crippen LogP contribution is -2.39. The summed E-state index contributed by atoms with van der Waals surface area (Å²) in [5.74, 6) is -1.94. The summed E-state index contributed by atoms with van der Waals surface area (Å²) in [5.41, 5.74) is 4.92. The Morgan fingerprint density at radius 2 is 1.62 bits per heavy atom. The minimum atomic E-state index is -2.90. The molecule has 212 valence electrons. The molecule has 3 aromatic rings. The van der Waals surface area contributed by atoms with Crippen LogP contribution in [0.5, 0.6) is 0 Å². The molecule has 2 aliphatic heterocycles. The van der Waals surface area contributed by atoms with Gasteiger partial charge < -0.3 is 15.1 Å². The van der Waals surface area contributed by atoms with Crippen LogP contribution in [0.25, 0.3) is 10.9 Å². The fraction of sp³-hybridized carbons (Fsp3) is 0.533. The van der Waals surface area contributed by atoms with E-state index in [1.54, 1.807) is 0 Å². The van der Waals surface area contributed by atoms with Gasteiger partial charge in [0.15, 0.2) is 0 Å². The van der Waals surface area contributed by atoms with Crippen LogP contribution < -0.4 is 15.1 Å². The van der Waals surface area contributed by atoms with Gasteiger partial charge >= 0.3 is 0 Å². The van der Waals surface area contributed by atoms with Crippen molar-refractivity contribution in [1.82, 2.24) is 9.97 Å². The molecule has 2 saturated heterocycles. The van der Waals surface area contributed by atoms with Gasteiger partial charge in [-0.15, -0.1) is 0 Å². The third-order valence-electron chi connectivity index (χ3n) is 9.34. The van der Waals surface area contributed by atoms with Gasteiger partial charge in [0.05, 0.1) is 31.2 Å². The molecule has 1 unspecified atom stereocenters. The van der Waals surface area contributed by atoms with Gasteiger partial charge in [-0.1, -0.05) is 0 Å². The number of anilines is 4. The summed E-state index contributed by atoms with van der Waals surface area (Å²) in [6, 6.07) is 9.85. The minimum absolute atomic E-state index is 0.0752. The van der Waals surface area contributed by atoms with Crippen LogP contribution in [0, 0.1) is 17.1 Å². The van der Waals surface area contributed by atoms with Crippen molar-refractivity contribution in [3.05, 3.63) is 42.2 Å². The van der Waals surface area contributed by atoms with E-state index in [9.17, 15) is 13.0 Å². The third kappa shape index (κ3) is 4.88. The highest BCUT2D eigenvalue weighted by Gasteiger charge is 2.45. The van der Waals surface area contributed by atoms with Crippen LogP contribution in [0.15, 0.2) is 41.6 Å². The molecule has 0 radical (unpaired) electrons. The molecule has 0 amide bonds. The zero-order valence-corrected chi connectivity index (χ0v) is 23.7. The molecule has 4 aliphatic rings. The average Bonchev–Trinajstić information content (AvgIpc) is 3.85. The Bertz CT molecular complexity index is 1560. The molecule has 2 aliphatic carbocycles. The Morgan fingerprint density at radius 1 is 0.925 bits per heavy atom. The molecule has 7 rings (SSSR count). The highest BCUT2D eigenvalue weighted by atomic mass is 32.2. The molecule has 40 heavy (non-hydrogen) atoms. The Morgan fingerprint density at radius 3 is 2.30 bits per heavy atom. The lowest BCUT2D eigenvalue weighted by molar-refractivity contribution is -0.0220. The number of nitrogens with zero attached hydrogens (tertiary/aromatic N) is 4. The summed E-state index contributed by atoms with van der Waals surface area (Å²) >= 11 is 0. The van der Waals surface area contributed by atoms with Crippen molar-refractivity contribution >= 4 is 43.5 Å². The predicted molar refractivity (Wildman–Crippen MR) is 156 cm³/mol. The second-order valence-electron chi connectivity index (χ2n) is 12.4. The number of benzene rings is 2. The maximum absolute atomic E-state index is 13.8. The van der Waals surface area contributed by atoms with Crippen molar-refractivity contribution in [3.8, 4) is 0 Å². The number of rotatable bonds is 6. The molecule has 0 bridgehead atoms. The van der Waals surface area contributed by atoms with Crippen molar-refractivity contribution < 1.29 is 13.0 Å². The fourth-order valence-corrected chi connectivity index (χ4v) is 8.16. The molecule has 2 aromatic carbocycles. The zero-order valence-electron chi connectivity index (χ0n) is 22.9. The van der Waals surface area contributed by atoms with Crippen LogP contribution in [0.2, 0.25) is 0 Å².